The number of halogens is 2. The SMILES string of the molecule is Cc1nc(CNC(=O)CNC(=O)c2cc(Cl)ccc2Cl)no1. The number of rotatable bonds is 5. The predicted octanol–water partition coefficient (Wildman–Crippen LogP) is 1.73. The lowest BCUT2D eigenvalue weighted by Gasteiger charge is -2.07. The Morgan fingerprint density at radius 3 is 2.73 bits per heavy atom. The molecule has 0 bridgehead atoms. The van der Waals surface area contributed by atoms with Gasteiger partial charge in [-0.25, -0.2) is 0 Å². The highest BCUT2D eigenvalue weighted by molar-refractivity contribution is 6.35. The molecule has 1 aromatic carbocycles. The molecule has 0 aliphatic carbocycles. The van der Waals surface area contributed by atoms with E-state index in [2.05, 4.69) is 20.8 Å². The fourth-order valence-electron chi connectivity index (χ4n) is 1.58. The van der Waals surface area contributed by atoms with E-state index in [4.69, 9.17) is 27.7 Å². The number of carbonyl (C=O) groups is 2. The van der Waals surface area contributed by atoms with Crippen molar-refractivity contribution >= 4 is 35.0 Å². The first kappa shape index (κ1) is 16.3. The van der Waals surface area contributed by atoms with Gasteiger partial charge in [-0.15, -0.1) is 0 Å². The van der Waals surface area contributed by atoms with Crippen LogP contribution >= 0.6 is 23.2 Å². The summed E-state index contributed by atoms with van der Waals surface area (Å²) in [6.45, 7) is 1.55. The first-order chi connectivity index (χ1) is 10.5. The average Bonchev–Trinajstić information content (AvgIpc) is 2.90. The van der Waals surface area contributed by atoms with E-state index in [0.29, 0.717) is 16.7 Å². The largest absolute Gasteiger partial charge is 0.347 e. The maximum Gasteiger partial charge on any atom is 0.253 e. The highest BCUT2D eigenvalue weighted by Gasteiger charge is 2.12. The monoisotopic (exact) mass is 342 g/mol. The summed E-state index contributed by atoms with van der Waals surface area (Å²) in [5.41, 5.74) is 0.204. The molecule has 0 aliphatic heterocycles. The molecule has 1 aromatic heterocycles. The minimum Gasteiger partial charge on any atom is -0.347 e. The van der Waals surface area contributed by atoms with Gasteiger partial charge < -0.3 is 15.2 Å². The Kier molecular flexibility index (Phi) is 5.35. The normalized spacial score (nSPS) is 10.3. The number of nitrogens with one attached hydrogen (secondary N) is 2. The number of aryl methyl sites for hydroxylation is 1. The van der Waals surface area contributed by atoms with Gasteiger partial charge in [-0.3, -0.25) is 9.59 Å². The van der Waals surface area contributed by atoms with E-state index in [1.165, 1.54) is 12.1 Å². The van der Waals surface area contributed by atoms with Crippen LogP contribution < -0.4 is 10.6 Å². The number of hydrogen-bond donors (Lipinski definition) is 2. The summed E-state index contributed by atoms with van der Waals surface area (Å²) in [7, 11) is 0. The van der Waals surface area contributed by atoms with Crippen LogP contribution in [0.25, 0.3) is 0 Å². The maximum atomic E-state index is 11.9. The third-order valence-electron chi connectivity index (χ3n) is 2.60. The first-order valence-electron chi connectivity index (χ1n) is 6.25. The Morgan fingerprint density at radius 1 is 1.27 bits per heavy atom. The molecule has 7 nitrogen and oxygen atoms in total. The van der Waals surface area contributed by atoms with Crippen molar-refractivity contribution in [1.29, 1.82) is 0 Å². The van der Waals surface area contributed by atoms with E-state index in [9.17, 15) is 9.59 Å². The van der Waals surface area contributed by atoms with Crippen LogP contribution in [0.2, 0.25) is 10.0 Å². The van der Waals surface area contributed by atoms with Gasteiger partial charge in [0.05, 0.1) is 23.7 Å². The van der Waals surface area contributed by atoms with Gasteiger partial charge in [-0.1, -0.05) is 28.4 Å². The van der Waals surface area contributed by atoms with E-state index < -0.39 is 11.8 Å². The molecule has 0 spiro atoms. The molecule has 0 fully saturated rings. The van der Waals surface area contributed by atoms with Crippen molar-refractivity contribution in [2.45, 2.75) is 13.5 Å². The van der Waals surface area contributed by atoms with Crippen molar-refractivity contribution < 1.29 is 14.1 Å². The molecule has 9 heteroatoms. The smallest absolute Gasteiger partial charge is 0.253 e. The van der Waals surface area contributed by atoms with Gasteiger partial charge >= 0.3 is 0 Å². The lowest BCUT2D eigenvalue weighted by molar-refractivity contribution is -0.120. The zero-order chi connectivity index (χ0) is 16.1. The lowest BCUT2D eigenvalue weighted by atomic mass is 10.2. The van der Waals surface area contributed by atoms with E-state index in [-0.39, 0.29) is 23.7 Å². The summed E-state index contributed by atoms with van der Waals surface area (Å²) in [5, 5.41) is 9.26. The van der Waals surface area contributed by atoms with Crippen molar-refractivity contribution in [3.8, 4) is 0 Å². The minimum atomic E-state index is -0.488. The van der Waals surface area contributed by atoms with Crippen molar-refractivity contribution in [3.63, 3.8) is 0 Å². The predicted molar refractivity (Wildman–Crippen MR) is 79.7 cm³/mol. The molecule has 2 rings (SSSR count). The molecule has 22 heavy (non-hydrogen) atoms. The van der Waals surface area contributed by atoms with Crippen LogP contribution in [0, 0.1) is 6.92 Å². The zero-order valence-electron chi connectivity index (χ0n) is 11.5. The highest BCUT2D eigenvalue weighted by Crippen LogP contribution is 2.20. The second-order valence-electron chi connectivity index (χ2n) is 4.31. The molecule has 0 aliphatic rings. The number of amides is 2. The molecule has 0 saturated carbocycles. The van der Waals surface area contributed by atoms with Gasteiger partial charge in [-0.05, 0) is 18.2 Å². The molecule has 0 saturated heterocycles. The van der Waals surface area contributed by atoms with E-state index in [1.807, 2.05) is 0 Å². The maximum absolute atomic E-state index is 11.9. The molecule has 0 unspecified atom stereocenters. The number of carbonyl (C=O) groups excluding carboxylic acids is 2. The lowest BCUT2D eigenvalue weighted by Crippen LogP contribution is -2.36. The van der Waals surface area contributed by atoms with Crippen LogP contribution in [-0.2, 0) is 11.3 Å². The minimum absolute atomic E-state index is 0.115. The summed E-state index contributed by atoms with van der Waals surface area (Å²) >= 11 is 11.7. The Bertz CT molecular complexity index is 702. The number of nitrogens with zero attached hydrogens (tertiary/aromatic N) is 2. The molecule has 0 atom stereocenters. The van der Waals surface area contributed by atoms with Crippen LogP contribution in [0.1, 0.15) is 22.1 Å². The Balaban J connectivity index is 1.83. The fraction of sp³-hybridized carbons (Fsp3) is 0.231. The number of hydrogen-bond acceptors (Lipinski definition) is 5. The number of aromatic nitrogens is 2. The zero-order valence-corrected chi connectivity index (χ0v) is 13.0. The standard InChI is InChI=1S/C13H12Cl2N4O3/c1-7-18-11(19-22-7)5-16-12(20)6-17-13(21)9-4-8(14)2-3-10(9)15/h2-4H,5-6H2,1H3,(H,16,20)(H,17,21). The number of benzene rings is 1. The van der Waals surface area contributed by atoms with Gasteiger partial charge in [0.1, 0.15) is 0 Å². The second-order valence-corrected chi connectivity index (χ2v) is 5.16. The highest BCUT2D eigenvalue weighted by atomic mass is 35.5. The van der Waals surface area contributed by atoms with Gasteiger partial charge in [0.15, 0.2) is 5.82 Å². The van der Waals surface area contributed by atoms with Crippen LogP contribution in [-0.4, -0.2) is 28.5 Å². The molecule has 2 amide bonds. The Labute approximate surface area is 136 Å². The second kappa shape index (κ2) is 7.24. The summed E-state index contributed by atoms with van der Waals surface area (Å²) in [4.78, 5) is 27.5. The third-order valence-corrected chi connectivity index (χ3v) is 3.16. The van der Waals surface area contributed by atoms with Crippen LogP contribution in [0.5, 0.6) is 0 Å². The summed E-state index contributed by atoms with van der Waals surface area (Å²) in [5.74, 6) is -0.116. The van der Waals surface area contributed by atoms with E-state index in [0.717, 1.165) is 0 Å². The summed E-state index contributed by atoms with van der Waals surface area (Å²) < 4.78 is 4.77. The van der Waals surface area contributed by atoms with Crippen LogP contribution in [0.3, 0.4) is 0 Å². The van der Waals surface area contributed by atoms with Crippen LogP contribution in [0.4, 0.5) is 0 Å². The van der Waals surface area contributed by atoms with Gasteiger partial charge in [0, 0.05) is 11.9 Å². The molecule has 116 valence electrons. The molecule has 1 heterocycles. The fourth-order valence-corrected chi connectivity index (χ4v) is 1.96. The molecular weight excluding hydrogens is 331 g/mol. The topological polar surface area (TPSA) is 97.1 Å². The van der Waals surface area contributed by atoms with Crippen molar-refractivity contribution in [3.05, 3.63) is 45.5 Å². The molecular formula is C13H12Cl2N4O3. The average molecular weight is 343 g/mol. The van der Waals surface area contributed by atoms with Gasteiger partial charge in [0.25, 0.3) is 5.91 Å². The van der Waals surface area contributed by atoms with Crippen molar-refractivity contribution in [2.24, 2.45) is 0 Å². The first-order valence-corrected chi connectivity index (χ1v) is 7.00. The summed E-state index contributed by atoms with van der Waals surface area (Å²) in [6.07, 6.45) is 0. The van der Waals surface area contributed by atoms with E-state index in [1.54, 1.807) is 13.0 Å². The Hall–Kier alpha value is -2.12. The molecule has 2 aromatic rings. The third kappa shape index (κ3) is 4.44. The van der Waals surface area contributed by atoms with Crippen molar-refractivity contribution in [1.82, 2.24) is 20.8 Å². The summed E-state index contributed by atoms with van der Waals surface area (Å²) in [6, 6.07) is 4.51. The van der Waals surface area contributed by atoms with Gasteiger partial charge in [0.2, 0.25) is 11.8 Å². The molecule has 0 radical (unpaired) electrons. The Morgan fingerprint density at radius 2 is 2.05 bits per heavy atom. The van der Waals surface area contributed by atoms with Crippen LogP contribution in [0.15, 0.2) is 22.7 Å². The quantitative estimate of drug-likeness (QED) is 0.862. The molecule has 2 N–H and O–H groups in total. The van der Waals surface area contributed by atoms with Gasteiger partial charge in [-0.2, -0.15) is 4.98 Å². The van der Waals surface area contributed by atoms with Crippen molar-refractivity contribution in [2.75, 3.05) is 6.54 Å². The van der Waals surface area contributed by atoms with E-state index >= 15 is 0 Å².